The number of carbonyl (C=O) groups is 2. The lowest BCUT2D eigenvalue weighted by molar-refractivity contribution is -0.682. The van der Waals surface area contributed by atoms with Gasteiger partial charge in [0.25, 0.3) is 5.91 Å². The Morgan fingerprint density at radius 3 is 2.20 bits per heavy atom. The predicted octanol–water partition coefficient (Wildman–Crippen LogP) is 2.19. The molecule has 0 aromatic heterocycles. The largest absolute Gasteiger partial charge is 0.332 e. The summed E-state index contributed by atoms with van der Waals surface area (Å²) in [5, 5.41) is 7.01. The third-order valence-electron chi connectivity index (χ3n) is 3.60. The molecule has 7 heteroatoms. The van der Waals surface area contributed by atoms with Crippen molar-refractivity contribution in [2.75, 3.05) is 17.2 Å². The molecule has 0 radical (unpaired) electrons. The third-order valence-corrected chi connectivity index (χ3v) is 3.60. The topological polar surface area (TPSA) is 74.8 Å². The van der Waals surface area contributed by atoms with Crippen LogP contribution in [-0.4, -0.2) is 18.4 Å². The van der Waals surface area contributed by atoms with Gasteiger partial charge in [-0.05, 0) is 43.3 Å². The number of carbonyl (C=O) groups excluding carboxylic acids is 2. The Morgan fingerprint density at radius 2 is 1.64 bits per heavy atom. The van der Waals surface area contributed by atoms with E-state index < -0.39 is 11.6 Å². The van der Waals surface area contributed by atoms with E-state index in [0.29, 0.717) is 16.9 Å². The standard InChI is InChI=1S/C18H19F2N3O2/c1-11(16-8-3-13(19)9-17(16)20)21-10-18(25)23-15-6-4-14(5-7-15)22-12(2)24/h3-9,11,21H,10H2,1-2H3,(H,22,24)(H,23,25)/p+1/t11-/m1/s1. The summed E-state index contributed by atoms with van der Waals surface area (Å²) < 4.78 is 26.6. The summed E-state index contributed by atoms with van der Waals surface area (Å²) in [6.07, 6.45) is 0. The molecule has 0 saturated heterocycles. The third kappa shape index (κ3) is 5.65. The van der Waals surface area contributed by atoms with E-state index in [-0.39, 0.29) is 24.4 Å². The molecule has 2 amide bonds. The first kappa shape index (κ1) is 18.5. The van der Waals surface area contributed by atoms with Crippen LogP contribution in [-0.2, 0) is 9.59 Å². The fourth-order valence-corrected chi connectivity index (χ4v) is 2.33. The first-order valence-corrected chi connectivity index (χ1v) is 7.81. The quantitative estimate of drug-likeness (QED) is 0.749. The van der Waals surface area contributed by atoms with Crippen LogP contribution in [0.5, 0.6) is 0 Å². The lowest BCUT2D eigenvalue weighted by Gasteiger charge is -2.12. The lowest BCUT2D eigenvalue weighted by atomic mass is 10.1. The van der Waals surface area contributed by atoms with Crippen molar-refractivity contribution in [1.29, 1.82) is 0 Å². The molecule has 0 saturated carbocycles. The Kier molecular flexibility index (Phi) is 6.19. The highest BCUT2D eigenvalue weighted by Gasteiger charge is 2.16. The fraction of sp³-hybridized carbons (Fsp3) is 0.222. The van der Waals surface area contributed by atoms with Gasteiger partial charge in [0.15, 0.2) is 6.54 Å². The number of hydrogen-bond acceptors (Lipinski definition) is 2. The van der Waals surface area contributed by atoms with Crippen molar-refractivity contribution in [3.63, 3.8) is 0 Å². The molecule has 25 heavy (non-hydrogen) atoms. The van der Waals surface area contributed by atoms with Crippen LogP contribution in [0.4, 0.5) is 20.2 Å². The molecular formula is C18H20F2N3O2+. The van der Waals surface area contributed by atoms with E-state index >= 15 is 0 Å². The number of rotatable bonds is 6. The summed E-state index contributed by atoms with van der Waals surface area (Å²) in [6.45, 7) is 3.24. The Bertz CT molecular complexity index is 763. The average molecular weight is 348 g/mol. The number of benzene rings is 2. The van der Waals surface area contributed by atoms with Crippen molar-refractivity contribution in [2.24, 2.45) is 0 Å². The van der Waals surface area contributed by atoms with Gasteiger partial charge < -0.3 is 16.0 Å². The zero-order valence-corrected chi connectivity index (χ0v) is 14.0. The van der Waals surface area contributed by atoms with Crippen LogP contribution in [0.1, 0.15) is 25.5 Å². The SMILES string of the molecule is CC(=O)Nc1ccc(NC(=O)C[NH2+][C@H](C)c2ccc(F)cc2F)cc1. The minimum absolute atomic E-state index is 0.0887. The summed E-state index contributed by atoms with van der Waals surface area (Å²) in [7, 11) is 0. The summed E-state index contributed by atoms with van der Waals surface area (Å²) in [6, 6.07) is 9.78. The van der Waals surface area contributed by atoms with Crippen molar-refractivity contribution >= 4 is 23.2 Å². The summed E-state index contributed by atoms with van der Waals surface area (Å²) in [5.41, 5.74) is 1.57. The van der Waals surface area contributed by atoms with Crippen LogP contribution in [0, 0.1) is 11.6 Å². The van der Waals surface area contributed by atoms with Gasteiger partial charge in [0.2, 0.25) is 5.91 Å². The number of hydrogen-bond donors (Lipinski definition) is 3. The maximum Gasteiger partial charge on any atom is 0.279 e. The van der Waals surface area contributed by atoms with Gasteiger partial charge in [-0.1, -0.05) is 0 Å². The lowest BCUT2D eigenvalue weighted by Crippen LogP contribution is -2.86. The highest BCUT2D eigenvalue weighted by Crippen LogP contribution is 2.15. The van der Waals surface area contributed by atoms with Crippen molar-refractivity contribution in [3.8, 4) is 0 Å². The van der Waals surface area contributed by atoms with Gasteiger partial charge >= 0.3 is 0 Å². The number of nitrogens with two attached hydrogens (primary N) is 1. The smallest absolute Gasteiger partial charge is 0.279 e. The van der Waals surface area contributed by atoms with Gasteiger partial charge in [-0.15, -0.1) is 0 Å². The Hall–Kier alpha value is -2.80. The van der Waals surface area contributed by atoms with Crippen molar-refractivity contribution in [1.82, 2.24) is 0 Å². The molecule has 1 atom stereocenters. The van der Waals surface area contributed by atoms with E-state index in [0.717, 1.165) is 6.07 Å². The number of amides is 2. The molecule has 2 rings (SSSR count). The molecule has 0 heterocycles. The zero-order chi connectivity index (χ0) is 18.4. The van der Waals surface area contributed by atoms with Crippen LogP contribution < -0.4 is 16.0 Å². The molecule has 0 unspecified atom stereocenters. The molecule has 2 aromatic carbocycles. The maximum atomic E-state index is 13.7. The number of nitrogens with one attached hydrogen (secondary N) is 2. The maximum absolute atomic E-state index is 13.7. The molecule has 2 aromatic rings. The van der Waals surface area contributed by atoms with E-state index in [1.54, 1.807) is 36.5 Å². The fourth-order valence-electron chi connectivity index (χ4n) is 2.33. The zero-order valence-electron chi connectivity index (χ0n) is 14.0. The van der Waals surface area contributed by atoms with Gasteiger partial charge in [-0.3, -0.25) is 9.59 Å². The molecule has 0 aliphatic rings. The second kappa shape index (κ2) is 8.34. The first-order valence-electron chi connectivity index (χ1n) is 7.81. The number of anilines is 2. The minimum Gasteiger partial charge on any atom is -0.332 e. The van der Waals surface area contributed by atoms with Crippen LogP contribution >= 0.6 is 0 Å². The molecule has 0 fully saturated rings. The van der Waals surface area contributed by atoms with Gasteiger partial charge in [-0.25, -0.2) is 8.78 Å². The normalized spacial score (nSPS) is 11.7. The molecule has 5 nitrogen and oxygen atoms in total. The molecule has 0 bridgehead atoms. The Morgan fingerprint density at radius 1 is 1.04 bits per heavy atom. The van der Waals surface area contributed by atoms with E-state index in [1.165, 1.54) is 19.1 Å². The Labute approximate surface area is 144 Å². The molecule has 0 aliphatic heterocycles. The monoisotopic (exact) mass is 348 g/mol. The number of quaternary nitrogens is 1. The van der Waals surface area contributed by atoms with Crippen LogP contribution in [0.3, 0.4) is 0 Å². The van der Waals surface area contributed by atoms with Gasteiger partial charge in [-0.2, -0.15) is 0 Å². The van der Waals surface area contributed by atoms with Crippen LogP contribution in [0.2, 0.25) is 0 Å². The second-order valence-electron chi connectivity index (χ2n) is 5.70. The van der Waals surface area contributed by atoms with Gasteiger partial charge in [0.1, 0.15) is 17.7 Å². The molecule has 0 spiro atoms. The van der Waals surface area contributed by atoms with E-state index in [2.05, 4.69) is 10.6 Å². The van der Waals surface area contributed by atoms with Crippen molar-refractivity contribution in [2.45, 2.75) is 19.9 Å². The van der Waals surface area contributed by atoms with Crippen molar-refractivity contribution in [3.05, 3.63) is 59.7 Å². The van der Waals surface area contributed by atoms with Crippen molar-refractivity contribution < 1.29 is 23.7 Å². The van der Waals surface area contributed by atoms with Gasteiger partial charge in [0.05, 0.1) is 0 Å². The number of halogens is 2. The second-order valence-corrected chi connectivity index (χ2v) is 5.70. The predicted molar refractivity (Wildman–Crippen MR) is 90.9 cm³/mol. The highest BCUT2D eigenvalue weighted by atomic mass is 19.1. The summed E-state index contributed by atoms with van der Waals surface area (Å²) in [5.74, 6) is -1.68. The Balaban J connectivity index is 1.86. The summed E-state index contributed by atoms with van der Waals surface area (Å²) in [4.78, 5) is 22.9. The molecule has 0 aliphatic carbocycles. The van der Waals surface area contributed by atoms with E-state index in [4.69, 9.17) is 0 Å². The molecular weight excluding hydrogens is 328 g/mol. The van der Waals surface area contributed by atoms with E-state index in [9.17, 15) is 18.4 Å². The van der Waals surface area contributed by atoms with Crippen LogP contribution in [0.15, 0.2) is 42.5 Å². The molecule has 132 valence electrons. The molecule has 4 N–H and O–H groups in total. The minimum atomic E-state index is -0.631. The first-order chi connectivity index (χ1) is 11.8. The van der Waals surface area contributed by atoms with E-state index in [1.807, 2.05) is 0 Å². The van der Waals surface area contributed by atoms with Gasteiger partial charge in [0, 0.05) is 29.9 Å². The highest BCUT2D eigenvalue weighted by molar-refractivity contribution is 5.92. The summed E-state index contributed by atoms with van der Waals surface area (Å²) >= 11 is 0. The average Bonchev–Trinajstić information content (AvgIpc) is 2.54. The van der Waals surface area contributed by atoms with Crippen LogP contribution in [0.25, 0.3) is 0 Å².